The maximum atomic E-state index is 11.8. The van der Waals surface area contributed by atoms with E-state index >= 15 is 0 Å². The Morgan fingerprint density at radius 1 is 1.42 bits per heavy atom. The highest BCUT2D eigenvalue weighted by molar-refractivity contribution is 7.99. The SMILES string of the molecule is Cc1cc(NC(=O)NC2CCSC2)ccc1C(=O)O. The van der Waals surface area contributed by atoms with E-state index in [4.69, 9.17) is 5.11 Å². The van der Waals surface area contributed by atoms with Gasteiger partial charge in [-0.1, -0.05) is 0 Å². The molecule has 3 N–H and O–H groups in total. The summed E-state index contributed by atoms with van der Waals surface area (Å²) in [5.74, 6) is 1.07. The van der Waals surface area contributed by atoms with E-state index in [1.54, 1.807) is 19.1 Å². The zero-order valence-electron chi connectivity index (χ0n) is 10.6. The molecule has 0 spiro atoms. The van der Waals surface area contributed by atoms with Gasteiger partial charge in [0.15, 0.2) is 0 Å². The van der Waals surface area contributed by atoms with Crippen molar-refractivity contribution < 1.29 is 14.7 Å². The van der Waals surface area contributed by atoms with Crippen LogP contribution in [0.5, 0.6) is 0 Å². The van der Waals surface area contributed by atoms with E-state index in [0.717, 1.165) is 17.9 Å². The van der Waals surface area contributed by atoms with Gasteiger partial charge in [-0.15, -0.1) is 0 Å². The molecule has 1 fully saturated rings. The molecule has 2 rings (SSSR count). The minimum atomic E-state index is -0.962. The number of hydrogen-bond acceptors (Lipinski definition) is 3. The smallest absolute Gasteiger partial charge is 0.335 e. The third-order valence-electron chi connectivity index (χ3n) is 2.98. The fourth-order valence-electron chi connectivity index (χ4n) is 1.98. The topological polar surface area (TPSA) is 78.4 Å². The molecule has 1 heterocycles. The van der Waals surface area contributed by atoms with Crippen molar-refractivity contribution in [3.8, 4) is 0 Å². The molecule has 6 heteroatoms. The second-order valence-electron chi connectivity index (χ2n) is 4.49. The number of anilines is 1. The van der Waals surface area contributed by atoms with Gasteiger partial charge in [0.1, 0.15) is 0 Å². The summed E-state index contributed by atoms with van der Waals surface area (Å²) in [6.07, 6.45) is 0.995. The zero-order valence-corrected chi connectivity index (χ0v) is 11.4. The van der Waals surface area contributed by atoms with Crippen molar-refractivity contribution in [2.75, 3.05) is 16.8 Å². The molecule has 0 radical (unpaired) electrons. The lowest BCUT2D eigenvalue weighted by atomic mass is 10.1. The van der Waals surface area contributed by atoms with Crippen LogP contribution in [0.4, 0.5) is 10.5 Å². The Morgan fingerprint density at radius 2 is 2.21 bits per heavy atom. The monoisotopic (exact) mass is 280 g/mol. The number of carbonyl (C=O) groups excluding carboxylic acids is 1. The molecular weight excluding hydrogens is 264 g/mol. The Labute approximate surface area is 115 Å². The van der Waals surface area contributed by atoms with Crippen LogP contribution in [0.3, 0.4) is 0 Å². The van der Waals surface area contributed by atoms with E-state index in [1.165, 1.54) is 6.07 Å². The van der Waals surface area contributed by atoms with Gasteiger partial charge in [0.25, 0.3) is 0 Å². The highest BCUT2D eigenvalue weighted by Crippen LogP contribution is 2.18. The summed E-state index contributed by atoms with van der Waals surface area (Å²) < 4.78 is 0. The van der Waals surface area contributed by atoms with Crippen LogP contribution in [-0.2, 0) is 0 Å². The van der Waals surface area contributed by atoms with Gasteiger partial charge in [-0.3, -0.25) is 0 Å². The molecule has 0 bridgehead atoms. The van der Waals surface area contributed by atoms with Crippen molar-refractivity contribution >= 4 is 29.4 Å². The molecule has 1 aliphatic rings. The lowest BCUT2D eigenvalue weighted by molar-refractivity contribution is 0.0696. The number of benzene rings is 1. The predicted molar refractivity (Wildman–Crippen MR) is 76.0 cm³/mol. The largest absolute Gasteiger partial charge is 0.478 e. The Kier molecular flexibility index (Phi) is 4.31. The molecule has 1 saturated heterocycles. The third-order valence-corrected chi connectivity index (χ3v) is 4.14. The molecule has 5 nitrogen and oxygen atoms in total. The van der Waals surface area contributed by atoms with Gasteiger partial charge >= 0.3 is 12.0 Å². The first-order valence-corrected chi connectivity index (χ1v) is 7.21. The number of carbonyl (C=O) groups is 2. The van der Waals surface area contributed by atoms with Crippen molar-refractivity contribution in [2.24, 2.45) is 0 Å². The molecule has 0 saturated carbocycles. The van der Waals surface area contributed by atoms with Gasteiger partial charge in [0, 0.05) is 17.5 Å². The minimum Gasteiger partial charge on any atom is -0.478 e. The molecule has 1 aromatic carbocycles. The van der Waals surface area contributed by atoms with Crippen molar-refractivity contribution in [3.63, 3.8) is 0 Å². The van der Waals surface area contributed by atoms with Crippen LogP contribution in [0.25, 0.3) is 0 Å². The molecule has 1 aliphatic heterocycles. The maximum Gasteiger partial charge on any atom is 0.335 e. The number of rotatable bonds is 3. The van der Waals surface area contributed by atoms with Gasteiger partial charge in [-0.25, -0.2) is 9.59 Å². The van der Waals surface area contributed by atoms with E-state index in [2.05, 4.69) is 10.6 Å². The molecule has 1 unspecified atom stereocenters. The van der Waals surface area contributed by atoms with Gasteiger partial charge in [0.05, 0.1) is 5.56 Å². The van der Waals surface area contributed by atoms with E-state index < -0.39 is 5.97 Å². The maximum absolute atomic E-state index is 11.8. The molecule has 1 atom stereocenters. The third kappa shape index (κ3) is 3.64. The van der Waals surface area contributed by atoms with Crippen molar-refractivity contribution in [2.45, 2.75) is 19.4 Å². The first kappa shape index (κ1) is 13.7. The van der Waals surface area contributed by atoms with Crippen LogP contribution < -0.4 is 10.6 Å². The van der Waals surface area contributed by atoms with Crippen molar-refractivity contribution in [3.05, 3.63) is 29.3 Å². The summed E-state index contributed by atoms with van der Waals surface area (Å²) in [7, 11) is 0. The minimum absolute atomic E-state index is 0.226. The van der Waals surface area contributed by atoms with Gasteiger partial charge in [-0.05, 0) is 42.9 Å². The average molecular weight is 280 g/mol. The summed E-state index contributed by atoms with van der Waals surface area (Å²) in [4.78, 5) is 22.6. The summed E-state index contributed by atoms with van der Waals surface area (Å²) in [6, 6.07) is 4.74. The van der Waals surface area contributed by atoms with Gasteiger partial charge < -0.3 is 15.7 Å². The van der Waals surface area contributed by atoms with E-state index in [1.807, 2.05) is 11.8 Å². The number of urea groups is 1. The molecule has 1 aromatic rings. The Morgan fingerprint density at radius 3 is 2.79 bits per heavy atom. The fraction of sp³-hybridized carbons (Fsp3) is 0.385. The molecule has 102 valence electrons. The molecule has 19 heavy (non-hydrogen) atoms. The van der Waals surface area contributed by atoms with Crippen LogP contribution in [0, 0.1) is 6.92 Å². The van der Waals surface area contributed by atoms with Crippen LogP contribution in [-0.4, -0.2) is 34.7 Å². The predicted octanol–water partition coefficient (Wildman–Crippen LogP) is 2.32. The lowest BCUT2D eigenvalue weighted by Crippen LogP contribution is -2.37. The lowest BCUT2D eigenvalue weighted by Gasteiger charge is -2.13. The number of carboxylic acid groups (broad SMARTS) is 1. The number of carboxylic acids is 1. The standard InChI is InChI=1S/C13H16N2O3S/c1-8-6-9(2-3-11(8)12(16)17)14-13(18)15-10-4-5-19-7-10/h2-3,6,10H,4-5,7H2,1H3,(H,16,17)(H2,14,15,18). The Hall–Kier alpha value is -1.69. The fourth-order valence-corrected chi connectivity index (χ4v) is 3.13. The van der Waals surface area contributed by atoms with E-state index in [0.29, 0.717) is 11.3 Å². The second kappa shape index (κ2) is 5.97. The normalized spacial score (nSPS) is 18.1. The summed E-state index contributed by atoms with van der Waals surface area (Å²) >= 11 is 1.83. The Balaban J connectivity index is 1.96. The summed E-state index contributed by atoms with van der Waals surface area (Å²) in [5, 5.41) is 14.5. The zero-order chi connectivity index (χ0) is 13.8. The number of hydrogen-bond donors (Lipinski definition) is 3. The van der Waals surface area contributed by atoms with E-state index in [9.17, 15) is 9.59 Å². The molecule has 2 amide bonds. The van der Waals surface area contributed by atoms with Crippen LogP contribution in [0.15, 0.2) is 18.2 Å². The van der Waals surface area contributed by atoms with Crippen LogP contribution in [0.1, 0.15) is 22.3 Å². The number of thioether (sulfide) groups is 1. The average Bonchev–Trinajstić information content (AvgIpc) is 2.81. The summed E-state index contributed by atoms with van der Waals surface area (Å²) in [5.41, 5.74) is 1.48. The van der Waals surface area contributed by atoms with Gasteiger partial charge in [0.2, 0.25) is 0 Å². The number of aromatic carboxylic acids is 1. The van der Waals surface area contributed by atoms with Crippen molar-refractivity contribution in [1.82, 2.24) is 5.32 Å². The van der Waals surface area contributed by atoms with E-state index in [-0.39, 0.29) is 17.6 Å². The number of nitrogens with one attached hydrogen (secondary N) is 2. The highest BCUT2D eigenvalue weighted by Gasteiger charge is 2.17. The molecule has 0 aromatic heterocycles. The first-order chi connectivity index (χ1) is 9.06. The first-order valence-electron chi connectivity index (χ1n) is 6.05. The number of aryl methyl sites for hydroxylation is 1. The van der Waals surface area contributed by atoms with Crippen LogP contribution >= 0.6 is 11.8 Å². The summed E-state index contributed by atoms with van der Waals surface area (Å²) in [6.45, 7) is 1.71. The second-order valence-corrected chi connectivity index (χ2v) is 5.64. The van der Waals surface area contributed by atoms with Gasteiger partial charge in [-0.2, -0.15) is 11.8 Å². The molecular formula is C13H16N2O3S. The quantitative estimate of drug-likeness (QED) is 0.794. The molecule has 0 aliphatic carbocycles. The van der Waals surface area contributed by atoms with Crippen LogP contribution in [0.2, 0.25) is 0 Å². The number of amides is 2. The highest BCUT2D eigenvalue weighted by atomic mass is 32.2. The Bertz CT molecular complexity index is 499. The van der Waals surface area contributed by atoms with Crippen molar-refractivity contribution in [1.29, 1.82) is 0 Å².